The van der Waals surface area contributed by atoms with Gasteiger partial charge in [0.1, 0.15) is 5.52 Å². The molecule has 1 aliphatic heterocycles. The Morgan fingerprint density at radius 3 is 2.80 bits per heavy atom. The summed E-state index contributed by atoms with van der Waals surface area (Å²) in [5.74, 6) is -0.811. The van der Waals surface area contributed by atoms with Gasteiger partial charge in [0.05, 0.1) is 11.8 Å². The van der Waals surface area contributed by atoms with Gasteiger partial charge in [0, 0.05) is 11.2 Å². The Balaban J connectivity index is 1.87. The van der Waals surface area contributed by atoms with Crippen LogP contribution in [0.5, 0.6) is 0 Å². The molecule has 0 radical (unpaired) electrons. The minimum absolute atomic E-state index is 0.0120. The number of aromatic nitrogens is 3. The Labute approximate surface area is 138 Å². The summed E-state index contributed by atoms with van der Waals surface area (Å²) >= 11 is 0. The molecule has 25 heavy (non-hydrogen) atoms. The number of hydrogen-bond acceptors (Lipinski definition) is 4. The highest BCUT2D eigenvalue weighted by Gasteiger charge is 2.36. The number of anilines is 1. The fraction of sp³-hybridized carbons (Fsp3) is 0.200. The zero-order valence-electron chi connectivity index (χ0n) is 12.7. The van der Waals surface area contributed by atoms with Crippen molar-refractivity contribution in [3.8, 4) is 11.1 Å². The highest BCUT2D eigenvalue weighted by atomic mass is 19.1. The molecular weight excluding hydrogens is 337 g/mol. The van der Waals surface area contributed by atoms with Crippen molar-refractivity contribution in [1.82, 2.24) is 14.6 Å². The third-order valence-electron chi connectivity index (χ3n) is 4.04. The number of aromatic amines is 1. The first-order valence-corrected chi connectivity index (χ1v) is 7.37. The van der Waals surface area contributed by atoms with E-state index in [-0.39, 0.29) is 17.0 Å². The maximum Gasteiger partial charge on any atom is 0.277 e. The Morgan fingerprint density at radius 2 is 2.08 bits per heavy atom. The lowest BCUT2D eigenvalue weighted by molar-refractivity contribution is -0.565. The van der Waals surface area contributed by atoms with Crippen LogP contribution in [0, 0.1) is 5.82 Å². The highest BCUT2D eigenvalue weighted by molar-refractivity contribution is 5.83. The number of alkyl halides is 2. The summed E-state index contributed by atoms with van der Waals surface area (Å²) < 4.78 is 42.5. The number of rotatable bonds is 4. The van der Waals surface area contributed by atoms with Gasteiger partial charge in [-0.15, -0.1) is 5.10 Å². The van der Waals surface area contributed by atoms with Crippen LogP contribution in [0.25, 0.3) is 16.6 Å². The molecule has 0 bridgehead atoms. The Hall–Kier alpha value is -3.17. The number of H-pyrrole nitrogens is 1. The monoisotopic (exact) mass is 349 g/mol. The Morgan fingerprint density at radius 1 is 1.32 bits per heavy atom. The molecule has 4 rings (SSSR count). The van der Waals surface area contributed by atoms with E-state index in [0.717, 1.165) is 10.7 Å². The van der Waals surface area contributed by atoms with Crippen molar-refractivity contribution in [3.63, 3.8) is 0 Å². The van der Waals surface area contributed by atoms with E-state index >= 15 is 0 Å². The van der Waals surface area contributed by atoms with Gasteiger partial charge in [0.2, 0.25) is 17.7 Å². The number of nitrogen functional groups attached to an aromatic ring is 1. The molecule has 0 unspecified atom stereocenters. The third-order valence-corrected chi connectivity index (χ3v) is 4.04. The molecule has 1 aliphatic rings. The van der Waals surface area contributed by atoms with Gasteiger partial charge in [-0.25, -0.2) is 17.7 Å². The molecule has 3 aromatic rings. The summed E-state index contributed by atoms with van der Waals surface area (Å²) in [4.78, 5) is 14.5. The first-order chi connectivity index (χ1) is 12.0. The van der Waals surface area contributed by atoms with Gasteiger partial charge in [0.25, 0.3) is 11.2 Å². The SMILES string of the molecule is Nc1nn2cc(F)c(-c3ccc4c(c3)[N+](C(CF)CF)=N4)c2c(=O)[nH]1. The van der Waals surface area contributed by atoms with Crippen LogP contribution >= 0.6 is 0 Å². The first kappa shape index (κ1) is 15.4. The smallest absolute Gasteiger partial charge is 0.277 e. The number of nitrogens with one attached hydrogen (secondary N) is 1. The molecular formula is C15H12F3N6O+. The lowest BCUT2D eigenvalue weighted by atomic mass is 10.0. The second-order valence-corrected chi connectivity index (χ2v) is 5.60. The predicted octanol–water partition coefficient (Wildman–Crippen LogP) is 2.46. The average Bonchev–Trinajstić information content (AvgIpc) is 2.89. The summed E-state index contributed by atoms with van der Waals surface area (Å²) in [6, 6.07) is 3.68. The summed E-state index contributed by atoms with van der Waals surface area (Å²) in [6.45, 7) is -1.81. The first-order valence-electron chi connectivity index (χ1n) is 7.37. The molecule has 7 nitrogen and oxygen atoms in total. The van der Waals surface area contributed by atoms with Crippen molar-refractivity contribution < 1.29 is 17.9 Å². The third kappa shape index (κ3) is 2.21. The van der Waals surface area contributed by atoms with Crippen LogP contribution in [0.1, 0.15) is 0 Å². The van der Waals surface area contributed by atoms with Gasteiger partial charge in [-0.3, -0.25) is 9.78 Å². The van der Waals surface area contributed by atoms with Gasteiger partial charge in [-0.05, 0) is 11.6 Å². The lowest BCUT2D eigenvalue weighted by Crippen LogP contribution is -2.28. The Bertz CT molecular complexity index is 1080. The van der Waals surface area contributed by atoms with Gasteiger partial charge < -0.3 is 5.73 Å². The van der Waals surface area contributed by atoms with Crippen LogP contribution in [-0.4, -0.2) is 38.7 Å². The molecule has 3 heterocycles. The molecule has 2 aromatic heterocycles. The number of nitrogens with zero attached hydrogens (tertiary/aromatic N) is 4. The van der Waals surface area contributed by atoms with Crippen LogP contribution < -0.4 is 11.3 Å². The quantitative estimate of drug-likeness (QED) is 0.709. The average molecular weight is 349 g/mol. The molecule has 0 saturated heterocycles. The number of benzene rings is 1. The fourth-order valence-electron chi connectivity index (χ4n) is 2.87. The van der Waals surface area contributed by atoms with Crippen LogP contribution in [0.3, 0.4) is 0 Å². The van der Waals surface area contributed by atoms with Gasteiger partial charge in [-0.1, -0.05) is 10.8 Å². The molecule has 128 valence electrons. The van der Waals surface area contributed by atoms with Gasteiger partial charge >= 0.3 is 0 Å². The summed E-state index contributed by atoms with van der Waals surface area (Å²) in [6.07, 6.45) is 1.05. The highest BCUT2D eigenvalue weighted by Crippen LogP contribution is 2.42. The fourth-order valence-corrected chi connectivity index (χ4v) is 2.87. The van der Waals surface area contributed by atoms with Crippen LogP contribution in [0.4, 0.5) is 30.5 Å². The van der Waals surface area contributed by atoms with Gasteiger partial charge in [-0.2, -0.15) is 0 Å². The van der Waals surface area contributed by atoms with E-state index in [1.54, 1.807) is 12.1 Å². The molecule has 3 N–H and O–H groups in total. The van der Waals surface area contributed by atoms with Crippen LogP contribution in [0.15, 0.2) is 34.3 Å². The molecule has 0 spiro atoms. The molecule has 0 aliphatic carbocycles. The van der Waals surface area contributed by atoms with Crippen molar-refractivity contribution in [3.05, 3.63) is 40.6 Å². The lowest BCUT2D eigenvalue weighted by Gasteiger charge is -2.15. The maximum atomic E-state index is 14.4. The maximum absolute atomic E-state index is 14.4. The number of nitrogens with two attached hydrogens (primary N) is 1. The predicted molar refractivity (Wildman–Crippen MR) is 83.4 cm³/mol. The topological polar surface area (TPSA) is 91.5 Å². The van der Waals surface area contributed by atoms with E-state index < -0.39 is 30.8 Å². The van der Waals surface area contributed by atoms with Gasteiger partial charge in [0.15, 0.2) is 19.2 Å². The van der Waals surface area contributed by atoms with E-state index in [9.17, 15) is 18.0 Å². The number of halogens is 3. The molecule has 1 aromatic carbocycles. The second-order valence-electron chi connectivity index (χ2n) is 5.60. The summed E-state index contributed by atoms with van der Waals surface area (Å²) in [5.41, 5.74) is 6.25. The molecule has 0 atom stereocenters. The Kier molecular flexibility index (Phi) is 3.34. The zero-order valence-corrected chi connectivity index (χ0v) is 12.7. The number of hydrogen-bond donors (Lipinski definition) is 2. The standard InChI is InChI=1S/C15H11F3N6O/c16-4-8(5-17)24-11-3-7(1-2-10(11)21-24)12-9(18)6-23-13(12)14(25)20-15(19)22-23/h1-3,6,8H,4-5H2,(H2-,19,20,21,22,25)/p+1. The van der Waals surface area contributed by atoms with Crippen molar-refractivity contribution in [1.29, 1.82) is 0 Å². The number of azo groups is 2. The summed E-state index contributed by atoms with van der Waals surface area (Å²) in [7, 11) is 0. The largest absolute Gasteiger partial charge is 0.368 e. The van der Waals surface area contributed by atoms with E-state index in [1.165, 1.54) is 10.8 Å². The molecule has 10 heteroatoms. The normalized spacial score (nSPS) is 13.0. The number of fused-ring (bicyclic) bond motifs is 2. The van der Waals surface area contributed by atoms with Crippen molar-refractivity contribution in [2.45, 2.75) is 6.04 Å². The van der Waals surface area contributed by atoms with Crippen LogP contribution in [-0.2, 0) is 0 Å². The molecule has 0 fully saturated rings. The minimum atomic E-state index is -1.02. The van der Waals surface area contributed by atoms with Crippen molar-refractivity contribution >= 4 is 22.8 Å². The van der Waals surface area contributed by atoms with Crippen molar-refractivity contribution in [2.75, 3.05) is 19.1 Å². The summed E-state index contributed by atoms with van der Waals surface area (Å²) in [5, 5.41) is 7.86. The van der Waals surface area contributed by atoms with Crippen molar-refractivity contribution in [2.24, 2.45) is 5.11 Å². The zero-order chi connectivity index (χ0) is 17.7. The van der Waals surface area contributed by atoms with E-state index in [4.69, 9.17) is 5.73 Å². The van der Waals surface area contributed by atoms with Crippen LogP contribution in [0.2, 0.25) is 0 Å². The molecule has 0 saturated carbocycles. The minimum Gasteiger partial charge on any atom is -0.368 e. The molecule has 0 amide bonds. The van der Waals surface area contributed by atoms with E-state index in [2.05, 4.69) is 15.2 Å². The van der Waals surface area contributed by atoms with E-state index in [0.29, 0.717) is 16.9 Å². The van der Waals surface area contributed by atoms with E-state index in [1.807, 2.05) is 0 Å². The second kappa shape index (κ2) is 5.43.